The molecule has 5 nitrogen and oxygen atoms in total. The molecule has 0 bridgehead atoms. The lowest BCUT2D eigenvalue weighted by atomic mass is 9.83. The summed E-state index contributed by atoms with van der Waals surface area (Å²) in [6.07, 6.45) is 1.31. The number of nitrogens with one attached hydrogen (secondary N) is 1. The van der Waals surface area contributed by atoms with Crippen LogP contribution >= 0.6 is 11.6 Å². The lowest BCUT2D eigenvalue weighted by Gasteiger charge is -2.35. The van der Waals surface area contributed by atoms with Crippen LogP contribution in [-0.4, -0.2) is 23.2 Å². The molecule has 1 aromatic heterocycles. The maximum absolute atomic E-state index is 13.7. The van der Waals surface area contributed by atoms with Crippen molar-refractivity contribution in [1.29, 1.82) is 0 Å². The van der Waals surface area contributed by atoms with E-state index in [2.05, 4.69) is 10.3 Å². The van der Waals surface area contributed by atoms with Crippen molar-refractivity contribution in [3.8, 4) is 0 Å². The van der Waals surface area contributed by atoms with Crippen LogP contribution in [0.4, 0.5) is 10.1 Å². The number of carbonyl (C=O) groups excluding carboxylic acids is 1. The van der Waals surface area contributed by atoms with Gasteiger partial charge >= 0.3 is 5.97 Å². The molecule has 7 heteroatoms. The molecule has 0 aliphatic heterocycles. The van der Waals surface area contributed by atoms with E-state index in [-0.39, 0.29) is 10.7 Å². The van der Waals surface area contributed by atoms with E-state index in [9.17, 15) is 14.3 Å². The standard InChI is InChI=1S/C21H18ClFN2O3/c1-28-20(26)21(27,15-10-11-18(22)24-13-15)19(14-6-3-2-4-7-14)25-17-9-5-8-16(23)12-17/h2-13,19,25,27H,1H3/t19-,21-/m0/s1. The minimum absolute atomic E-state index is 0.182. The van der Waals surface area contributed by atoms with Crippen molar-refractivity contribution in [1.82, 2.24) is 4.98 Å². The van der Waals surface area contributed by atoms with Crippen LogP contribution in [0, 0.1) is 5.82 Å². The fourth-order valence-corrected chi connectivity index (χ4v) is 3.09. The van der Waals surface area contributed by atoms with Crippen molar-refractivity contribution >= 4 is 23.3 Å². The van der Waals surface area contributed by atoms with Crippen molar-refractivity contribution in [3.05, 3.63) is 95.0 Å². The Morgan fingerprint density at radius 2 is 1.93 bits per heavy atom. The lowest BCUT2D eigenvalue weighted by Crippen LogP contribution is -2.45. The predicted molar refractivity (Wildman–Crippen MR) is 104 cm³/mol. The molecular weight excluding hydrogens is 383 g/mol. The number of nitrogens with zero attached hydrogens (tertiary/aromatic N) is 1. The number of methoxy groups -OCH3 is 1. The molecule has 2 aromatic carbocycles. The van der Waals surface area contributed by atoms with E-state index < -0.39 is 23.4 Å². The van der Waals surface area contributed by atoms with Crippen LogP contribution in [0.25, 0.3) is 0 Å². The number of ether oxygens (including phenoxy) is 1. The average molecular weight is 401 g/mol. The van der Waals surface area contributed by atoms with Gasteiger partial charge in [0.1, 0.15) is 11.0 Å². The second-order valence-corrected chi connectivity index (χ2v) is 6.51. The third-order valence-corrected chi connectivity index (χ3v) is 4.57. The average Bonchev–Trinajstić information content (AvgIpc) is 2.72. The Hall–Kier alpha value is -2.96. The molecule has 0 radical (unpaired) electrons. The molecule has 0 aliphatic rings. The molecule has 0 amide bonds. The van der Waals surface area contributed by atoms with Crippen molar-refractivity contribution in [2.45, 2.75) is 11.6 Å². The summed E-state index contributed by atoms with van der Waals surface area (Å²) in [6.45, 7) is 0. The van der Waals surface area contributed by atoms with E-state index in [1.165, 1.54) is 43.6 Å². The summed E-state index contributed by atoms with van der Waals surface area (Å²) in [7, 11) is 1.18. The van der Waals surface area contributed by atoms with Gasteiger partial charge < -0.3 is 15.2 Å². The van der Waals surface area contributed by atoms with Gasteiger partial charge in [0.05, 0.1) is 13.2 Å². The highest BCUT2D eigenvalue weighted by molar-refractivity contribution is 6.29. The fraction of sp³-hybridized carbons (Fsp3) is 0.143. The van der Waals surface area contributed by atoms with Gasteiger partial charge in [-0.05, 0) is 29.8 Å². The summed E-state index contributed by atoms with van der Waals surface area (Å²) in [5.74, 6) is -1.35. The number of aliphatic hydroxyl groups is 1. The van der Waals surface area contributed by atoms with Gasteiger partial charge in [-0.15, -0.1) is 0 Å². The summed E-state index contributed by atoms with van der Waals surface area (Å²) < 4.78 is 18.6. The maximum atomic E-state index is 13.7. The molecule has 3 rings (SSSR count). The summed E-state index contributed by atoms with van der Waals surface area (Å²) in [5, 5.41) is 14.8. The number of halogens is 2. The molecule has 0 spiro atoms. The maximum Gasteiger partial charge on any atom is 0.345 e. The molecule has 1 heterocycles. The van der Waals surface area contributed by atoms with Gasteiger partial charge in [-0.1, -0.05) is 54.1 Å². The normalized spacial score (nSPS) is 14.0. The minimum Gasteiger partial charge on any atom is -0.467 e. The number of carbonyl (C=O) groups is 1. The Bertz CT molecular complexity index is 953. The summed E-state index contributed by atoms with van der Waals surface area (Å²) in [6, 6.07) is 16.5. The Balaban J connectivity index is 2.16. The van der Waals surface area contributed by atoms with Gasteiger partial charge in [0.15, 0.2) is 0 Å². The first-order valence-corrected chi connectivity index (χ1v) is 8.83. The van der Waals surface area contributed by atoms with Crippen molar-refractivity contribution in [3.63, 3.8) is 0 Å². The Labute approximate surface area is 166 Å². The predicted octanol–water partition coefficient (Wildman–Crippen LogP) is 4.09. The summed E-state index contributed by atoms with van der Waals surface area (Å²) in [5.41, 5.74) is -0.991. The summed E-state index contributed by atoms with van der Waals surface area (Å²) >= 11 is 5.85. The second-order valence-electron chi connectivity index (χ2n) is 6.13. The van der Waals surface area contributed by atoms with E-state index in [0.717, 1.165) is 0 Å². The molecule has 0 aliphatic carbocycles. The molecule has 0 saturated heterocycles. The molecule has 28 heavy (non-hydrogen) atoms. The van der Waals surface area contributed by atoms with Crippen LogP contribution in [0.2, 0.25) is 5.15 Å². The van der Waals surface area contributed by atoms with Crippen LogP contribution in [0.5, 0.6) is 0 Å². The van der Waals surface area contributed by atoms with E-state index >= 15 is 0 Å². The van der Waals surface area contributed by atoms with Gasteiger partial charge in [0, 0.05) is 17.4 Å². The first-order valence-electron chi connectivity index (χ1n) is 8.45. The number of esters is 1. The van der Waals surface area contributed by atoms with Crippen LogP contribution in [0.15, 0.2) is 72.9 Å². The topological polar surface area (TPSA) is 71.5 Å². The number of pyridine rings is 1. The molecule has 144 valence electrons. The smallest absolute Gasteiger partial charge is 0.345 e. The first kappa shape index (κ1) is 19.8. The van der Waals surface area contributed by atoms with Crippen LogP contribution in [0.3, 0.4) is 0 Å². The van der Waals surface area contributed by atoms with Crippen LogP contribution in [0.1, 0.15) is 17.2 Å². The number of hydrogen-bond acceptors (Lipinski definition) is 5. The fourth-order valence-electron chi connectivity index (χ4n) is 2.98. The second kappa shape index (κ2) is 8.37. The molecule has 0 unspecified atom stereocenters. The number of benzene rings is 2. The highest BCUT2D eigenvalue weighted by Crippen LogP contribution is 2.39. The molecule has 2 N–H and O–H groups in total. The molecule has 0 saturated carbocycles. The zero-order chi connectivity index (χ0) is 20.1. The zero-order valence-corrected chi connectivity index (χ0v) is 15.7. The van der Waals surface area contributed by atoms with Gasteiger partial charge in [0.2, 0.25) is 5.60 Å². The Morgan fingerprint density at radius 1 is 1.18 bits per heavy atom. The first-order chi connectivity index (χ1) is 13.4. The van der Waals surface area contributed by atoms with E-state index in [0.29, 0.717) is 11.3 Å². The quantitative estimate of drug-likeness (QED) is 0.481. The summed E-state index contributed by atoms with van der Waals surface area (Å²) in [4.78, 5) is 16.7. The zero-order valence-electron chi connectivity index (χ0n) is 15.0. The van der Waals surface area contributed by atoms with Crippen LogP contribution < -0.4 is 5.32 Å². The Morgan fingerprint density at radius 3 is 2.54 bits per heavy atom. The minimum atomic E-state index is -2.15. The third kappa shape index (κ3) is 3.98. The van der Waals surface area contributed by atoms with E-state index in [1.54, 1.807) is 30.3 Å². The molecule has 3 aromatic rings. The number of hydrogen-bond donors (Lipinski definition) is 2. The van der Waals surface area contributed by atoms with E-state index in [1.807, 2.05) is 6.07 Å². The van der Waals surface area contributed by atoms with Gasteiger partial charge in [-0.25, -0.2) is 14.2 Å². The van der Waals surface area contributed by atoms with Crippen molar-refractivity contribution in [2.24, 2.45) is 0 Å². The largest absolute Gasteiger partial charge is 0.467 e. The van der Waals surface area contributed by atoms with Gasteiger partial charge in [-0.2, -0.15) is 0 Å². The highest BCUT2D eigenvalue weighted by Gasteiger charge is 2.48. The molecular formula is C21H18ClFN2O3. The number of anilines is 1. The van der Waals surface area contributed by atoms with Gasteiger partial charge in [0.25, 0.3) is 0 Å². The van der Waals surface area contributed by atoms with Gasteiger partial charge in [-0.3, -0.25) is 0 Å². The highest BCUT2D eigenvalue weighted by atomic mass is 35.5. The van der Waals surface area contributed by atoms with Crippen molar-refractivity contribution < 1.29 is 19.0 Å². The monoisotopic (exact) mass is 400 g/mol. The van der Waals surface area contributed by atoms with Crippen LogP contribution in [-0.2, 0) is 15.1 Å². The SMILES string of the molecule is COC(=O)[C@](O)(c1ccc(Cl)nc1)[C@@H](Nc1cccc(F)c1)c1ccccc1. The number of rotatable bonds is 6. The number of aromatic nitrogens is 1. The third-order valence-electron chi connectivity index (χ3n) is 4.35. The molecule has 2 atom stereocenters. The molecule has 0 fully saturated rings. The Kier molecular flexibility index (Phi) is 5.92. The van der Waals surface area contributed by atoms with E-state index in [4.69, 9.17) is 16.3 Å². The van der Waals surface area contributed by atoms with Crippen molar-refractivity contribution in [2.75, 3.05) is 12.4 Å². The lowest BCUT2D eigenvalue weighted by molar-refractivity contribution is -0.165.